The highest BCUT2D eigenvalue weighted by Crippen LogP contribution is 1.98. The quantitative estimate of drug-likeness (QED) is 0.485. The highest BCUT2D eigenvalue weighted by atomic mass is 127. The van der Waals surface area contributed by atoms with E-state index >= 15 is 0 Å². The molecule has 0 saturated heterocycles. The molecule has 0 amide bonds. The Kier molecular flexibility index (Phi) is 7.72. The van der Waals surface area contributed by atoms with E-state index in [1.165, 1.54) is 11.1 Å². The highest BCUT2D eigenvalue weighted by molar-refractivity contribution is 14.0. The largest absolute Gasteiger partial charge is 0.352 e. The zero-order valence-corrected chi connectivity index (χ0v) is 13.9. The third-order valence-electron chi connectivity index (χ3n) is 2.83. The molecule has 0 atom stereocenters. The number of guanidine groups is 1. The second-order valence-electron chi connectivity index (χ2n) is 4.25. The highest BCUT2D eigenvalue weighted by Gasteiger charge is 1.98. The number of nitrogens with one attached hydrogen (secondary N) is 2. The fraction of sp³-hybridized carbons (Fsp3) is 0.188. The van der Waals surface area contributed by atoms with Gasteiger partial charge in [0, 0.05) is 20.1 Å². The van der Waals surface area contributed by atoms with Crippen molar-refractivity contribution >= 4 is 29.9 Å². The summed E-state index contributed by atoms with van der Waals surface area (Å²) >= 11 is 0. The lowest BCUT2D eigenvalue weighted by molar-refractivity contribution is 0.809. The topological polar surface area (TPSA) is 36.4 Å². The average molecular weight is 381 g/mol. The van der Waals surface area contributed by atoms with Crippen LogP contribution in [0.4, 0.5) is 0 Å². The molecule has 2 aromatic carbocycles. The van der Waals surface area contributed by atoms with Crippen LogP contribution in [0.1, 0.15) is 11.1 Å². The van der Waals surface area contributed by atoms with E-state index in [-0.39, 0.29) is 24.0 Å². The van der Waals surface area contributed by atoms with Gasteiger partial charge in [-0.25, -0.2) is 0 Å². The van der Waals surface area contributed by atoms with Gasteiger partial charge in [0.2, 0.25) is 0 Å². The summed E-state index contributed by atoms with van der Waals surface area (Å²) in [4.78, 5) is 4.21. The van der Waals surface area contributed by atoms with E-state index in [1.807, 2.05) is 36.4 Å². The van der Waals surface area contributed by atoms with Crippen LogP contribution in [0.2, 0.25) is 0 Å². The molecule has 0 spiro atoms. The molecular formula is C16H20IN3. The van der Waals surface area contributed by atoms with E-state index in [9.17, 15) is 0 Å². The number of rotatable bonds is 4. The van der Waals surface area contributed by atoms with Crippen LogP contribution in [0.25, 0.3) is 0 Å². The van der Waals surface area contributed by atoms with Gasteiger partial charge in [-0.15, -0.1) is 24.0 Å². The molecule has 20 heavy (non-hydrogen) atoms. The predicted octanol–water partition coefficient (Wildman–Crippen LogP) is 3.17. The molecule has 2 aromatic rings. The van der Waals surface area contributed by atoms with Crippen molar-refractivity contribution < 1.29 is 0 Å². The van der Waals surface area contributed by atoms with Gasteiger partial charge >= 0.3 is 0 Å². The summed E-state index contributed by atoms with van der Waals surface area (Å²) in [5.74, 6) is 0.813. The zero-order chi connectivity index (χ0) is 13.3. The number of hydrogen-bond acceptors (Lipinski definition) is 1. The Morgan fingerprint density at radius 3 is 1.55 bits per heavy atom. The molecule has 0 saturated carbocycles. The summed E-state index contributed by atoms with van der Waals surface area (Å²) < 4.78 is 0. The Hall–Kier alpha value is -1.56. The summed E-state index contributed by atoms with van der Waals surface area (Å²) in [6.45, 7) is 1.55. The van der Waals surface area contributed by atoms with Gasteiger partial charge in [-0.05, 0) is 11.1 Å². The zero-order valence-electron chi connectivity index (χ0n) is 11.5. The molecule has 3 nitrogen and oxygen atoms in total. The third-order valence-corrected chi connectivity index (χ3v) is 2.83. The summed E-state index contributed by atoms with van der Waals surface area (Å²) in [7, 11) is 1.78. The van der Waals surface area contributed by atoms with Crippen molar-refractivity contribution in [3.05, 3.63) is 71.8 Å². The van der Waals surface area contributed by atoms with E-state index in [1.54, 1.807) is 7.05 Å². The SMILES string of the molecule is CN=C(NCc1ccccc1)NCc1ccccc1.I. The molecule has 0 aliphatic rings. The number of benzene rings is 2. The van der Waals surface area contributed by atoms with E-state index in [2.05, 4.69) is 39.9 Å². The summed E-state index contributed by atoms with van der Waals surface area (Å²) in [5.41, 5.74) is 2.48. The first-order valence-electron chi connectivity index (χ1n) is 6.41. The Morgan fingerprint density at radius 1 is 0.800 bits per heavy atom. The van der Waals surface area contributed by atoms with Crippen LogP contribution in [0.3, 0.4) is 0 Å². The Bertz CT molecular complexity index is 466. The summed E-state index contributed by atoms with van der Waals surface area (Å²) in [5, 5.41) is 6.59. The second-order valence-corrected chi connectivity index (χ2v) is 4.25. The Labute approximate surface area is 137 Å². The molecule has 106 valence electrons. The number of nitrogens with zero attached hydrogens (tertiary/aromatic N) is 1. The monoisotopic (exact) mass is 381 g/mol. The number of hydrogen-bond donors (Lipinski definition) is 2. The molecule has 0 aliphatic heterocycles. The fourth-order valence-electron chi connectivity index (χ4n) is 1.78. The first-order chi connectivity index (χ1) is 9.38. The molecule has 0 radical (unpaired) electrons. The summed E-state index contributed by atoms with van der Waals surface area (Å²) in [6.07, 6.45) is 0. The van der Waals surface area contributed by atoms with Crippen LogP contribution in [0.15, 0.2) is 65.7 Å². The van der Waals surface area contributed by atoms with Crippen LogP contribution in [0.5, 0.6) is 0 Å². The van der Waals surface area contributed by atoms with Crippen molar-refractivity contribution in [1.29, 1.82) is 0 Å². The van der Waals surface area contributed by atoms with E-state index in [4.69, 9.17) is 0 Å². The molecule has 0 bridgehead atoms. The van der Waals surface area contributed by atoms with Gasteiger partial charge in [0.1, 0.15) is 0 Å². The molecule has 0 aliphatic carbocycles. The first-order valence-corrected chi connectivity index (χ1v) is 6.41. The van der Waals surface area contributed by atoms with Crippen molar-refractivity contribution in [1.82, 2.24) is 10.6 Å². The predicted molar refractivity (Wildman–Crippen MR) is 95.3 cm³/mol. The molecule has 0 fully saturated rings. The van der Waals surface area contributed by atoms with Crippen molar-refractivity contribution in [3.8, 4) is 0 Å². The van der Waals surface area contributed by atoms with E-state index in [0.717, 1.165) is 19.0 Å². The normalized spacial score (nSPS) is 9.25. The maximum absolute atomic E-state index is 4.21. The smallest absolute Gasteiger partial charge is 0.191 e. The van der Waals surface area contributed by atoms with Gasteiger partial charge in [-0.2, -0.15) is 0 Å². The van der Waals surface area contributed by atoms with Crippen molar-refractivity contribution in [2.45, 2.75) is 13.1 Å². The first kappa shape index (κ1) is 16.5. The van der Waals surface area contributed by atoms with Crippen molar-refractivity contribution in [3.63, 3.8) is 0 Å². The Balaban J connectivity index is 0.00000200. The lowest BCUT2D eigenvalue weighted by Crippen LogP contribution is -2.36. The maximum atomic E-state index is 4.21. The fourth-order valence-corrected chi connectivity index (χ4v) is 1.78. The van der Waals surface area contributed by atoms with Gasteiger partial charge in [0.15, 0.2) is 5.96 Å². The van der Waals surface area contributed by atoms with Gasteiger partial charge in [-0.1, -0.05) is 60.7 Å². The minimum Gasteiger partial charge on any atom is -0.352 e. The lowest BCUT2D eigenvalue weighted by Gasteiger charge is -2.11. The maximum Gasteiger partial charge on any atom is 0.191 e. The minimum absolute atomic E-state index is 0. The van der Waals surface area contributed by atoms with Crippen molar-refractivity contribution in [2.24, 2.45) is 4.99 Å². The molecule has 0 unspecified atom stereocenters. The van der Waals surface area contributed by atoms with E-state index in [0.29, 0.717) is 0 Å². The van der Waals surface area contributed by atoms with Crippen LogP contribution < -0.4 is 10.6 Å². The van der Waals surface area contributed by atoms with E-state index < -0.39 is 0 Å². The third kappa shape index (κ3) is 5.61. The molecular weight excluding hydrogens is 361 g/mol. The van der Waals surface area contributed by atoms with Crippen molar-refractivity contribution in [2.75, 3.05) is 7.05 Å². The summed E-state index contributed by atoms with van der Waals surface area (Å²) in [6, 6.07) is 20.6. The number of aliphatic imine (C=N–C) groups is 1. The van der Waals surface area contributed by atoms with Crippen LogP contribution in [-0.2, 0) is 13.1 Å². The molecule has 2 rings (SSSR count). The van der Waals surface area contributed by atoms with Gasteiger partial charge in [-0.3, -0.25) is 4.99 Å². The average Bonchev–Trinajstić information content (AvgIpc) is 2.49. The minimum atomic E-state index is 0. The number of halogens is 1. The van der Waals surface area contributed by atoms with Gasteiger partial charge < -0.3 is 10.6 Å². The molecule has 4 heteroatoms. The lowest BCUT2D eigenvalue weighted by atomic mass is 10.2. The molecule has 2 N–H and O–H groups in total. The standard InChI is InChI=1S/C16H19N3.HI/c1-17-16(18-12-14-8-4-2-5-9-14)19-13-15-10-6-3-7-11-15;/h2-11H,12-13H2,1H3,(H2,17,18,19);1H. The van der Waals surface area contributed by atoms with Crippen LogP contribution in [0, 0.1) is 0 Å². The molecule has 0 heterocycles. The van der Waals surface area contributed by atoms with Gasteiger partial charge in [0.05, 0.1) is 0 Å². The Morgan fingerprint density at radius 2 is 1.20 bits per heavy atom. The second kappa shape index (κ2) is 9.36. The van der Waals surface area contributed by atoms with Crippen LogP contribution in [-0.4, -0.2) is 13.0 Å². The molecule has 0 aromatic heterocycles. The van der Waals surface area contributed by atoms with Gasteiger partial charge in [0.25, 0.3) is 0 Å². The van der Waals surface area contributed by atoms with Crippen LogP contribution >= 0.6 is 24.0 Å².